The molecule has 1 aliphatic rings. The lowest BCUT2D eigenvalue weighted by Crippen LogP contribution is -2.40. The second kappa shape index (κ2) is 6.26. The molecule has 0 radical (unpaired) electrons. The van der Waals surface area contributed by atoms with Crippen molar-refractivity contribution in [3.05, 3.63) is 28.8 Å². The van der Waals surface area contributed by atoms with Crippen LogP contribution in [0.3, 0.4) is 0 Å². The summed E-state index contributed by atoms with van der Waals surface area (Å²) in [5, 5.41) is 3.41. The zero-order valence-corrected chi connectivity index (χ0v) is 11.7. The van der Waals surface area contributed by atoms with E-state index in [1.165, 1.54) is 0 Å². The molecule has 5 heteroatoms. The molecule has 2 rings (SSSR count). The van der Waals surface area contributed by atoms with Crippen LogP contribution in [0.1, 0.15) is 30.1 Å². The van der Waals surface area contributed by atoms with Crippen LogP contribution in [0, 0.1) is 5.92 Å². The van der Waals surface area contributed by atoms with Gasteiger partial charge in [-0.05, 0) is 37.8 Å². The number of anilines is 1. The largest absolute Gasteiger partial charge is 0.397 e. The fraction of sp³-hybridized carbons (Fsp3) is 0.500. The van der Waals surface area contributed by atoms with E-state index in [0.29, 0.717) is 22.2 Å². The van der Waals surface area contributed by atoms with Gasteiger partial charge in [0.1, 0.15) is 0 Å². The van der Waals surface area contributed by atoms with Crippen LogP contribution in [-0.2, 0) is 4.74 Å². The number of nitrogens with two attached hydrogens (primary N) is 1. The number of carbonyl (C=O) groups excluding carboxylic acids is 1. The van der Waals surface area contributed by atoms with Gasteiger partial charge < -0.3 is 15.8 Å². The van der Waals surface area contributed by atoms with Crippen LogP contribution in [0.15, 0.2) is 18.2 Å². The maximum Gasteiger partial charge on any atom is 0.253 e. The minimum absolute atomic E-state index is 0.106. The fourth-order valence-corrected chi connectivity index (χ4v) is 2.53. The molecule has 0 bridgehead atoms. The van der Waals surface area contributed by atoms with Gasteiger partial charge in [-0.1, -0.05) is 17.7 Å². The van der Waals surface area contributed by atoms with Gasteiger partial charge in [-0.2, -0.15) is 0 Å². The second-order valence-corrected chi connectivity index (χ2v) is 5.32. The van der Waals surface area contributed by atoms with Gasteiger partial charge in [0.15, 0.2) is 0 Å². The van der Waals surface area contributed by atoms with Crippen molar-refractivity contribution in [3.63, 3.8) is 0 Å². The summed E-state index contributed by atoms with van der Waals surface area (Å²) in [6.07, 6.45) is 1.96. The Morgan fingerprint density at radius 3 is 2.84 bits per heavy atom. The Morgan fingerprint density at radius 2 is 2.16 bits per heavy atom. The standard InChI is InChI=1S/C14H19ClN2O2/c1-9(10-5-7-19-8-6-10)17-14(18)11-3-2-4-12(15)13(11)16/h2-4,9-10H,5-8,16H2,1H3,(H,17,18). The zero-order chi connectivity index (χ0) is 13.8. The number of amides is 1. The molecule has 3 N–H and O–H groups in total. The first-order valence-corrected chi connectivity index (χ1v) is 6.90. The van der Waals surface area contributed by atoms with Crippen LogP contribution in [0.4, 0.5) is 5.69 Å². The minimum atomic E-state index is -0.168. The van der Waals surface area contributed by atoms with E-state index in [1.54, 1.807) is 18.2 Å². The Kier molecular flexibility index (Phi) is 4.66. The van der Waals surface area contributed by atoms with Gasteiger partial charge in [0.25, 0.3) is 5.91 Å². The number of hydrogen-bond donors (Lipinski definition) is 2. The highest BCUT2D eigenvalue weighted by Crippen LogP contribution is 2.23. The second-order valence-electron chi connectivity index (χ2n) is 4.91. The summed E-state index contributed by atoms with van der Waals surface area (Å²) in [5.74, 6) is 0.289. The molecule has 19 heavy (non-hydrogen) atoms. The van der Waals surface area contributed by atoms with E-state index < -0.39 is 0 Å². The fourth-order valence-electron chi connectivity index (χ4n) is 2.35. The molecular weight excluding hydrogens is 264 g/mol. The predicted molar refractivity (Wildman–Crippen MR) is 76.3 cm³/mol. The molecular formula is C14H19ClN2O2. The molecule has 0 aliphatic carbocycles. The van der Waals surface area contributed by atoms with Gasteiger partial charge in [-0.3, -0.25) is 4.79 Å². The molecule has 1 aromatic carbocycles. The zero-order valence-electron chi connectivity index (χ0n) is 11.0. The first-order chi connectivity index (χ1) is 9.09. The molecule has 104 valence electrons. The summed E-state index contributed by atoms with van der Waals surface area (Å²) in [6, 6.07) is 5.20. The Morgan fingerprint density at radius 1 is 1.47 bits per heavy atom. The molecule has 1 heterocycles. The molecule has 1 atom stereocenters. The molecule has 4 nitrogen and oxygen atoms in total. The Bertz CT molecular complexity index is 459. The number of halogens is 1. The molecule has 0 aromatic heterocycles. The topological polar surface area (TPSA) is 64.4 Å². The molecule has 1 aromatic rings. The smallest absolute Gasteiger partial charge is 0.253 e. The number of ether oxygens (including phenoxy) is 1. The third-order valence-electron chi connectivity index (χ3n) is 3.63. The third kappa shape index (κ3) is 3.39. The predicted octanol–water partition coefficient (Wildman–Crippen LogP) is 2.47. The molecule has 1 fully saturated rings. The maximum atomic E-state index is 12.2. The third-order valence-corrected chi connectivity index (χ3v) is 3.96. The molecule has 0 saturated carbocycles. The van der Waals surface area contributed by atoms with Crippen molar-refractivity contribution in [1.29, 1.82) is 0 Å². The van der Waals surface area contributed by atoms with Crippen molar-refractivity contribution in [2.24, 2.45) is 5.92 Å². The van der Waals surface area contributed by atoms with Crippen LogP contribution in [0.25, 0.3) is 0 Å². The highest BCUT2D eigenvalue weighted by atomic mass is 35.5. The number of nitrogen functional groups attached to an aromatic ring is 1. The normalized spacial score (nSPS) is 18.0. The van der Waals surface area contributed by atoms with E-state index in [0.717, 1.165) is 26.1 Å². The van der Waals surface area contributed by atoms with Crippen LogP contribution in [0.5, 0.6) is 0 Å². The number of carbonyl (C=O) groups is 1. The van der Waals surface area contributed by atoms with Crippen molar-refractivity contribution in [1.82, 2.24) is 5.32 Å². The Hall–Kier alpha value is -1.26. The van der Waals surface area contributed by atoms with Crippen LogP contribution < -0.4 is 11.1 Å². The number of para-hydroxylation sites is 1. The van der Waals surface area contributed by atoms with Crippen molar-refractivity contribution in [3.8, 4) is 0 Å². The average molecular weight is 283 g/mol. The average Bonchev–Trinajstić information content (AvgIpc) is 2.42. The lowest BCUT2D eigenvalue weighted by Gasteiger charge is -2.28. The first-order valence-electron chi connectivity index (χ1n) is 6.52. The summed E-state index contributed by atoms with van der Waals surface area (Å²) >= 11 is 5.92. The molecule has 1 unspecified atom stereocenters. The van der Waals surface area contributed by atoms with Gasteiger partial charge in [-0.25, -0.2) is 0 Å². The van der Waals surface area contributed by atoms with E-state index in [9.17, 15) is 4.79 Å². The van der Waals surface area contributed by atoms with E-state index >= 15 is 0 Å². The van der Waals surface area contributed by atoms with Crippen molar-refractivity contribution >= 4 is 23.2 Å². The first kappa shape index (κ1) is 14.2. The number of nitrogens with one attached hydrogen (secondary N) is 1. The Labute approximate surface area is 118 Å². The summed E-state index contributed by atoms with van der Waals surface area (Å²) in [5.41, 5.74) is 6.60. The van der Waals surface area contributed by atoms with Gasteiger partial charge in [0.05, 0.1) is 16.3 Å². The van der Waals surface area contributed by atoms with Crippen molar-refractivity contribution in [2.45, 2.75) is 25.8 Å². The van der Waals surface area contributed by atoms with Gasteiger partial charge in [0, 0.05) is 19.3 Å². The van der Waals surface area contributed by atoms with E-state index in [2.05, 4.69) is 5.32 Å². The molecule has 1 amide bonds. The van der Waals surface area contributed by atoms with Gasteiger partial charge in [-0.15, -0.1) is 0 Å². The molecule has 0 spiro atoms. The summed E-state index contributed by atoms with van der Waals surface area (Å²) < 4.78 is 5.32. The summed E-state index contributed by atoms with van der Waals surface area (Å²) in [7, 11) is 0. The molecule has 1 aliphatic heterocycles. The SMILES string of the molecule is CC(NC(=O)c1cccc(Cl)c1N)C1CCOCC1. The minimum Gasteiger partial charge on any atom is -0.397 e. The lowest BCUT2D eigenvalue weighted by molar-refractivity contribution is 0.0538. The number of rotatable bonds is 3. The molecule has 1 saturated heterocycles. The lowest BCUT2D eigenvalue weighted by atomic mass is 9.92. The van der Waals surface area contributed by atoms with Crippen LogP contribution in [0.2, 0.25) is 5.02 Å². The van der Waals surface area contributed by atoms with Crippen LogP contribution in [-0.4, -0.2) is 25.2 Å². The van der Waals surface area contributed by atoms with E-state index in [1.807, 2.05) is 6.92 Å². The van der Waals surface area contributed by atoms with Crippen molar-refractivity contribution in [2.75, 3.05) is 18.9 Å². The van der Waals surface area contributed by atoms with E-state index in [4.69, 9.17) is 22.1 Å². The van der Waals surface area contributed by atoms with Gasteiger partial charge in [0.2, 0.25) is 0 Å². The summed E-state index contributed by atoms with van der Waals surface area (Å²) in [4.78, 5) is 12.2. The number of hydrogen-bond acceptors (Lipinski definition) is 3. The van der Waals surface area contributed by atoms with Crippen LogP contribution >= 0.6 is 11.6 Å². The van der Waals surface area contributed by atoms with E-state index in [-0.39, 0.29) is 11.9 Å². The maximum absolute atomic E-state index is 12.2. The number of benzene rings is 1. The highest BCUT2D eigenvalue weighted by molar-refractivity contribution is 6.33. The summed E-state index contributed by atoms with van der Waals surface area (Å²) in [6.45, 7) is 3.56. The van der Waals surface area contributed by atoms with Gasteiger partial charge >= 0.3 is 0 Å². The quantitative estimate of drug-likeness (QED) is 0.837. The van der Waals surface area contributed by atoms with Crippen molar-refractivity contribution < 1.29 is 9.53 Å². The monoisotopic (exact) mass is 282 g/mol. The highest BCUT2D eigenvalue weighted by Gasteiger charge is 2.23. The Balaban J connectivity index is 2.02.